The number of nitrogens with one attached hydrogen (secondary N) is 1. The fourth-order valence-corrected chi connectivity index (χ4v) is 2.09. The second-order valence-electron chi connectivity index (χ2n) is 4.13. The average Bonchev–Trinajstić information content (AvgIpc) is 2.45. The molecule has 7 heteroatoms. The Morgan fingerprint density at radius 2 is 1.95 bits per heavy atom. The number of para-hydroxylation sites is 1. The third-order valence-corrected chi connectivity index (χ3v) is 3.00. The lowest BCUT2D eigenvalue weighted by Crippen LogP contribution is -2.47. The summed E-state index contributed by atoms with van der Waals surface area (Å²) in [4.78, 5) is 35.3. The first-order valence-electron chi connectivity index (χ1n) is 5.78. The van der Waals surface area contributed by atoms with Gasteiger partial charge in [-0.3, -0.25) is 10.1 Å². The molecule has 0 radical (unpaired) electrons. The van der Waals surface area contributed by atoms with Gasteiger partial charge in [-0.1, -0.05) is 18.2 Å². The lowest BCUT2D eigenvalue weighted by molar-refractivity contribution is -0.170. The molecule has 0 fully saturated rings. The van der Waals surface area contributed by atoms with Crippen molar-refractivity contribution in [1.82, 2.24) is 0 Å². The Morgan fingerprint density at radius 1 is 1.25 bits per heavy atom. The van der Waals surface area contributed by atoms with Gasteiger partial charge in [0, 0.05) is 5.56 Å². The minimum absolute atomic E-state index is 0.344. The van der Waals surface area contributed by atoms with E-state index in [1.54, 1.807) is 24.3 Å². The van der Waals surface area contributed by atoms with Gasteiger partial charge in [-0.2, -0.15) is 0 Å². The molecule has 1 atom stereocenters. The van der Waals surface area contributed by atoms with Gasteiger partial charge in [-0.05, 0) is 6.07 Å². The van der Waals surface area contributed by atoms with E-state index in [0.29, 0.717) is 11.3 Å². The van der Waals surface area contributed by atoms with Crippen molar-refractivity contribution in [2.24, 2.45) is 0 Å². The van der Waals surface area contributed by atoms with Crippen molar-refractivity contribution in [3.8, 4) is 0 Å². The highest BCUT2D eigenvalue weighted by atomic mass is 16.6. The third-order valence-electron chi connectivity index (χ3n) is 3.00. The molecular weight excluding hydrogens is 266 g/mol. The van der Waals surface area contributed by atoms with Crippen molar-refractivity contribution < 1.29 is 28.6 Å². The topological polar surface area (TPSA) is 90.9 Å². The number of hydrogen-bond donors (Lipinski definition) is 1. The number of esters is 2. The fourth-order valence-electron chi connectivity index (χ4n) is 2.09. The maximum absolute atomic E-state index is 12.1. The van der Waals surface area contributed by atoms with E-state index in [1.807, 2.05) is 0 Å². The zero-order valence-corrected chi connectivity index (χ0v) is 11.0. The fraction of sp³-hybridized carbons (Fsp3) is 0.308. The SMILES string of the molecule is COC(=O)CC1(C(=O)OC)OC(=O)Nc2ccccc21. The van der Waals surface area contributed by atoms with Crippen LogP contribution in [0.2, 0.25) is 0 Å². The van der Waals surface area contributed by atoms with E-state index in [9.17, 15) is 14.4 Å². The lowest BCUT2D eigenvalue weighted by atomic mass is 9.87. The number of ether oxygens (including phenoxy) is 3. The van der Waals surface area contributed by atoms with Crippen LogP contribution in [0.1, 0.15) is 12.0 Å². The third kappa shape index (κ3) is 2.18. The van der Waals surface area contributed by atoms with Crippen molar-refractivity contribution >= 4 is 23.7 Å². The molecular formula is C13H13NO6. The zero-order chi connectivity index (χ0) is 14.8. The molecule has 0 bridgehead atoms. The molecule has 1 unspecified atom stereocenters. The number of fused-ring (bicyclic) bond motifs is 1. The maximum atomic E-state index is 12.1. The van der Waals surface area contributed by atoms with Crippen LogP contribution in [0.3, 0.4) is 0 Å². The summed E-state index contributed by atoms with van der Waals surface area (Å²) in [5, 5.41) is 2.46. The van der Waals surface area contributed by atoms with Crippen LogP contribution in [0.25, 0.3) is 0 Å². The lowest BCUT2D eigenvalue weighted by Gasteiger charge is -2.35. The van der Waals surface area contributed by atoms with Crippen LogP contribution in [0.4, 0.5) is 10.5 Å². The van der Waals surface area contributed by atoms with Crippen LogP contribution >= 0.6 is 0 Å². The Balaban J connectivity index is 2.58. The number of hydrogen-bond acceptors (Lipinski definition) is 6. The molecule has 20 heavy (non-hydrogen) atoms. The molecule has 0 aliphatic carbocycles. The van der Waals surface area contributed by atoms with Crippen LogP contribution in [-0.4, -0.2) is 32.3 Å². The van der Waals surface area contributed by atoms with E-state index in [0.717, 1.165) is 7.11 Å². The second kappa shape index (κ2) is 5.20. The van der Waals surface area contributed by atoms with E-state index in [1.165, 1.54) is 7.11 Å². The van der Waals surface area contributed by atoms with E-state index in [4.69, 9.17) is 9.47 Å². The summed E-state index contributed by atoms with van der Waals surface area (Å²) in [6.45, 7) is 0. The van der Waals surface area contributed by atoms with Gasteiger partial charge in [0.2, 0.25) is 5.60 Å². The Hall–Kier alpha value is -2.57. The second-order valence-corrected chi connectivity index (χ2v) is 4.13. The van der Waals surface area contributed by atoms with Crippen LogP contribution < -0.4 is 5.32 Å². The van der Waals surface area contributed by atoms with Gasteiger partial charge < -0.3 is 14.2 Å². The number of rotatable bonds is 3. The highest BCUT2D eigenvalue weighted by molar-refractivity contribution is 5.98. The monoisotopic (exact) mass is 279 g/mol. The minimum Gasteiger partial charge on any atom is -0.469 e. The molecule has 0 spiro atoms. The molecule has 106 valence electrons. The number of anilines is 1. The van der Waals surface area contributed by atoms with Gasteiger partial charge in [0.1, 0.15) is 6.42 Å². The van der Waals surface area contributed by atoms with Gasteiger partial charge >= 0.3 is 18.0 Å². The number of amides is 1. The van der Waals surface area contributed by atoms with Gasteiger partial charge in [0.15, 0.2) is 0 Å². The predicted octanol–water partition coefficient (Wildman–Crippen LogP) is 1.18. The van der Waals surface area contributed by atoms with Crippen molar-refractivity contribution in [2.75, 3.05) is 19.5 Å². The quantitative estimate of drug-likeness (QED) is 0.660. The molecule has 1 aliphatic rings. The summed E-state index contributed by atoms with van der Waals surface area (Å²) in [5.74, 6) is -1.54. The first-order chi connectivity index (χ1) is 9.53. The molecule has 1 N–H and O–H groups in total. The summed E-state index contributed by atoms with van der Waals surface area (Å²) in [6.07, 6.45) is -1.29. The number of cyclic esters (lactones) is 1. The summed E-state index contributed by atoms with van der Waals surface area (Å²) in [6, 6.07) is 6.53. The molecule has 1 aromatic rings. The van der Waals surface area contributed by atoms with Crippen LogP contribution in [0, 0.1) is 0 Å². The van der Waals surface area contributed by atoms with E-state index >= 15 is 0 Å². The molecule has 7 nitrogen and oxygen atoms in total. The summed E-state index contributed by atoms with van der Waals surface area (Å²) >= 11 is 0. The number of carbonyl (C=O) groups excluding carboxylic acids is 3. The maximum Gasteiger partial charge on any atom is 0.413 e. The Morgan fingerprint density at radius 3 is 2.60 bits per heavy atom. The molecule has 1 amide bonds. The molecule has 2 rings (SSSR count). The highest BCUT2D eigenvalue weighted by Crippen LogP contribution is 2.39. The molecule has 0 saturated heterocycles. The van der Waals surface area contributed by atoms with E-state index in [2.05, 4.69) is 10.1 Å². The summed E-state index contributed by atoms with van der Waals surface area (Å²) in [5.41, 5.74) is -1.10. The van der Waals surface area contributed by atoms with Crippen molar-refractivity contribution in [2.45, 2.75) is 12.0 Å². The molecule has 1 aliphatic heterocycles. The molecule has 0 aromatic heterocycles. The van der Waals surface area contributed by atoms with Crippen LogP contribution in [-0.2, 0) is 29.4 Å². The van der Waals surface area contributed by atoms with Gasteiger partial charge in [0.25, 0.3) is 0 Å². The van der Waals surface area contributed by atoms with Crippen molar-refractivity contribution in [1.29, 1.82) is 0 Å². The predicted molar refractivity (Wildman–Crippen MR) is 66.9 cm³/mol. The van der Waals surface area contributed by atoms with Crippen LogP contribution in [0.15, 0.2) is 24.3 Å². The highest BCUT2D eigenvalue weighted by Gasteiger charge is 2.51. The van der Waals surface area contributed by atoms with Gasteiger partial charge in [-0.25, -0.2) is 9.59 Å². The number of carbonyl (C=O) groups is 3. The normalized spacial score (nSPS) is 20.2. The Labute approximate surface area is 114 Å². The van der Waals surface area contributed by atoms with E-state index < -0.39 is 30.1 Å². The van der Waals surface area contributed by atoms with Crippen molar-refractivity contribution in [3.05, 3.63) is 29.8 Å². The molecule has 1 aromatic carbocycles. The molecule has 0 saturated carbocycles. The Kier molecular flexibility index (Phi) is 3.60. The molecule has 1 heterocycles. The Bertz CT molecular complexity index is 570. The van der Waals surface area contributed by atoms with E-state index in [-0.39, 0.29) is 0 Å². The van der Waals surface area contributed by atoms with Gasteiger partial charge in [-0.15, -0.1) is 0 Å². The minimum atomic E-state index is -1.83. The smallest absolute Gasteiger partial charge is 0.413 e. The number of benzene rings is 1. The average molecular weight is 279 g/mol. The first-order valence-corrected chi connectivity index (χ1v) is 5.78. The van der Waals surface area contributed by atoms with Crippen molar-refractivity contribution in [3.63, 3.8) is 0 Å². The van der Waals surface area contributed by atoms with Crippen LogP contribution in [0.5, 0.6) is 0 Å². The van der Waals surface area contributed by atoms with Gasteiger partial charge in [0.05, 0.1) is 19.9 Å². The zero-order valence-electron chi connectivity index (χ0n) is 11.0. The standard InChI is InChI=1S/C13H13NO6/c1-18-10(15)7-13(11(16)19-2)8-5-3-4-6-9(8)14-12(17)20-13/h3-6H,7H2,1-2H3,(H,14,17). The summed E-state index contributed by atoms with van der Waals surface area (Å²) in [7, 11) is 2.34. The largest absolute Gasteiger partial charge is 0.469 e. The summed E-state index contributed by atoms with van der Waals surface area (Å²) < 4.78 is 14.4. The first kappa shape index (κ1) is 13.9. The number of methoxy groups -OCH3 is 2.